The Kier molecular flexibility index (Phi) is 4.86. The standard InChI is InChI=1S/C14H25N3O3/c1-3-16-6-7-17(9-10(16)2)14(20)15-12-5-4-11(8-12)13(18)19/h10-12H,3-9H2,1-2H3,(H,15,20)(H,18,19)/t10?,11-,12+/m1/s1. The van der Waals surface area contributed by atoms with Gasteiger partial charge in [0.05, 0.1) is 5.92 Å². The van der Waals surface area contributed by atoms with Gasteiger partial charge in [-0.05, 0) is 32.7 Å². The minimum atomic E-state index is -0.744. The molecule has 0 aromatic rings. The monoisotopic (exact) mass is 283 g/mol. The molecular formula is C14H25N3O3. The minimum absolute atomic E-state index is 0.0168. The third kappa shape index (κ3) is 3.42. The molecule has 2 aliphatic rings. The SMILES string of the molecule is CCN1CCN(C(=O)N[C@H]2CC[C@@H](C(=O)O)C2)CC1C. The van der Waals surface area contributed by atoms with Gasteiger partial charge in [-0.1, -0.05) is 6.92 Å². The highest BCUT2D eigenvalue weighted by Gasteiger charge is 2.32. The second kappa shape index (κ2) is 6.43. The van der Waals surface area contributed by atoms with Crippen LogP contribution in [0, 0.1) is 5.92 Å². The van der Waals surface area contributed by atoms with Crippen molar-refractivity contribution in [1.29, 1.82) is 0 Å². The van der Waals surface area contributed by atoms with Crippen LogP contribution in [0.25, 0.3) is 0 Å². The van der Waals surface area contributed by atoms with Gasteiger partial charge in [-0.3, -0.25) is 9.69 Å². The molecule has 2 N–H and O–H groups in total. The van der Waals surface area contributed by atoms with E-state index in [1.165, 1.54) is 0 Å². The van der Waals surface area contributed by atoms with E-state index in [0.717, 1.165) is 32.6 Å². The normalized spacial score (nSPS) is 31.3. The Labute approximate surface area is 120 Å². The van der Waals surface area contributed by atoms with Gasteiger partial charge < -0.3 is 15.3 Å². The minimum Gasteiger partial charge on any atom is -0.481 e. The van der Waals surface area contributed by atoms with Gasteiger partial charge in [-0.15, -0.1) is 0 Å². The number of amides is 2. The van der Waals surface area contributed by atoms with Crippen LogP contribution in [0.15, 0.2) is 0 Å². The lowest BCUT2D eigenvalue weighted by Crippen LogP contribution is -2.56. The molecule has 2 fully saturated rings. The van der Waals surface area contributed by atoms with Crippen LogP contribution >= 0.6 is 0 Å². The molecule has 1 aliphatic carbocycles. The van der Waals surface area contributed by atoms with Gasteiger partial charge in [0.15, 0.2) is 0 Å². The van der Waals surface area contributed by atoms with Crippen LogP contribution in [0.5, 0.6) is 0 Å². The summed E-state index contributed by atoms with van der Waals surface area (Å²) in [5.41, 5.74) is 0. The van der Waals surface area contributed by atoms with E-state index in [1.54, 1.807) is 0 Å². The first-order valence-electron chi connectivity index (χ1n) is 7.53. The fraction of sp³-hybridized carbons (Fsp3) is 0.857. The van der Waals surface area contributed by atoms with Crippen molar-refractivity contribution in [3.05, 3.63) is 0 Å². The van der Waals surface area contributed by atoms with E-state index < -0.39 is 5.97 Å². The van der Waals surface area contributed by atoms with E-state index in [-0.39, 0.29) is 18.0 Å². The van der Waals surface area contributed by atoms with Crippen LogP contribution in [0.4, 0.5) is 4.79 Å². The van der Waals surface area contributed by atoms with Gasteiger partial charge in [0, 0.05) is 31.7 Å². The zero-order valence-electron chi connectivity index (χ0n) is 12.3. The molecule has 6 nitrogen and oxygen atoms in total. The van der Waals surface area contributed by atoms with Crippen molar-refractivity contribution in [3.8, 4) is 0 Å². The molecule has 1 aliphatic heterocycles. The third-order valence-corrected chi connectivity index (χ3v) is 4.57. The summed E-state index contributed by atoms with van der Waals surface area (Å²) in [7, 11) is 0. The number of carboxylic acid groups (broad SMARTS) is 1. The maximum Gasteiger partial charge on any atom is 0.317 e. The first-order chi connectivity index (χ1) is 9.51. The topological polar surface area (TPSA) is 72.9 Å². The van der Waals surface area contributed by atoms with Crippen molar-refractivity contribution in [3.63, 3.8) is 0 Å². The highest BCUT2D eigenvalue weighted by molar-refractivity contribution is 5.75. The van der Waals surface area contributed by atoms with Gasteiger partial charge in [0.2, 0.25) is 0 Å². The van der Waals surface area contributed by atoms with Crippen molar-refractivity contribution in [1.82, 2.24) is 15.1 Å². The predicted molar refractivity (Wildman–Crippen MR) is 75.6 cm³/mol. The molecular weight excluding hydrogens is 258 g/mol. The molecule has 1 saturated heterocycles. The van der Waals surface area contributed by atoms with E-state index in [0.29, 0.717) is 18.9 Å². The van der Waals surface area contributed by atoms with Crippen LogP contribution in [-0.4, -0.2) is 65.2 Å². The summed E-state index contributed by atoms with van der Waals surface area (Å²) in [5.74, 6) is -1.04. The van der Waals surface area contributed by atoms with Gasteiger partial charge in [0.1, 0.15) is 0 Å². The highest BCUT2D eigenvalue weighted by Crippen LogP contribution is 2.25. The molecule has 2 rings (SSSR count). The second-order valence-electron chi connectivity index (χ2n) is 5.92. The van der Waals surface area contributed by atoms with E-state index in [4.69, 9.17) is 5.11 Å². The summed E-state index contributed by atoms with van der Waals surface area (Å²) >= 11 is 0. The Bertz CT molecular complexity index is 375. The highest BCUT2D eigenvalue weighted by atomic mass is 16.4. The summed E-state index contributed by atoms with van der Waals surface area (Å²) in [6.45, 7) is 7.69. The zero-order valence-corrected chi connectivity index (χ0v) is 12.3. The number of nitrogens with zero attached hydrogens (tertiary/aromatic N) is 2. The van der Waals surface area contributed by atoms with Crippen LogP contribution in [0.1, 0.15) is 33.1 Å². The smallest absolute Gasteiger partial charge is 0.317 e. The molecule has 0 aromatic heterocycles. The molecule has 6 heteroatoms. The molecule has 0 aromatic carbocycles. The molecule has 1 heterocycles. The number of carboxylic acids is 1. The lowest BCUT2D eigenvalue weighted by molar-refractivity contribution is -0.141. The van der Waals surface area contributed by atoms with Gasteiger partial charge >= 0.3 is 12.0 Å². The number of likely N-dealkylation sites (N-methyl/N-ethyl adjacent to an activating group) is 1. The quantitative estimate of drug-likeness (QED) is 0.809. The van der Waals surface area contributed by atoms with Gasteiger partial charge in [-0.25, -0.2) is 4.79 Å². The van der Waals surface area contributed by atoms with E-state index >= 15 is 0 Å². The molecule has 2 amide bonds. The summed E-state index contributed by atoms with van der Waals surface area (Å²) in [5, 5.41) is 12.0. The average molecular weight is 283 g/mol. The Hall–Kier alpha value is -1.30. The molecule has 3 atom stereocenters. The van der Waals surface area contributed by atoms with Crippen LogP contribution in [-0.2, 0) is 4.79 Å². The predicted octanol–water partition coefficient (Wildman–Crippen LogP) is 0.975. The van der Waals surface area contributed by atoms with Gasteiger partial charge in [0.25, 0.3) is 0 Å². The largest absolute Gasteiger partial charge is 0.481 e. The van der Waals surface area contributed by atoms with Crippen LogP contribution in [0.3, 0.4) is 0 Å². The number of nitrogens with one attached hydrogen (secondary N) is 1. The van der Waals surface area contributed by atoms with E-state index in [9.17, 15) is 9.59 Å². The number of hydrogen-bond donors (Lipinski definition) is 2. The average Bonchev–Trinajstić information content (AvgIpc) is 2.87. The number of carbonyl (C=O) groups is 2. The van der Waals surface area contributed by atoms with Crippen LogP contribution < -0.4 is 5.32 Å². The summed E-state index contributed by atoms with van der Waals surface area (Å²) < 4.78 is 0. The molecule has 0 radical (unpaired) electrons. The maximum absolute atomic E-state index is 12.2. The summed E-state index contributed by atoms with van der Waals surface area (Å²) in [4.78, 5) is 27.4. The van der Waals surface area contributed by atoms with Crippen molar-refractivity contribution in [2.24, 2.45) is 5.92 Å². The molecule has 0 bridgehead atoms. The Morgan fingerprint density at radius 1 is 1.30 bits per heavy atom. The van der Waals surface area contributed by atoms with Crippen molar-refractivity contribution >= 4 is 12.0 Å². The number of carbonyl (C=O) groups excluding carboxylic acids is 1. The summed E-state index contributed by atoms with van der Waals surface area (Å²) in [6, 6.07) is 0.363. The molecule has 0 spiro atoms. The molecule has 114 valence electrons. The zero-order chi connectivity index (χ0) is 14.7. The molecule has 1 unspecified atom stereocenters. The van der Waals surface area contributed by atoms with E-state index in [1.807, 2.05) is 4.90 Å². The number of urea groups is 1. The van der Waals surface area contributed by atoms with Crippen molar-refractivity contribution < 1.29 is 14.7 Å². The van der Waals surface area contributed by atoms with Crippen molar-refractivity contribution in [2.45, 2.75) is 45.2 Å². The van der Waals surface area contributed by atoms with E-state index in [2.05, 4.69) is 24.1 Å². The first kappa shape index (κ1) is 15.1. The fourth-order valence-electron chi connectivity index (χ4n) is 3.25. The molecule has 20 heavy (non-hydrogen) atoms. The Morgan fingerprint density at radius 2 is 2.05 bits per heavy atom. The number of rotatable bonds is 3. The maximum atomic E-state index is 12.2. The lowest BCUT2D eigenvalue weighted by atomic mass is 10.1. The Balaban J connectivity index is 1.80. The summed E-state index contributed by atoms with van der Waals surface area (Å²) in [6.07, 6.45) is 2.00. The first-order valence-corrected chi connectivity index (χ1v) is 7.53. The van der Waals surface area contributed by atoms with Crippen molar-refractivity contribution in [2.75, 3.05) is 26.2 Å². The second-order valence-corrected chi connectivity index (χ2v) is 5.92. The van der Waals surface area contributed by atoms with Crippen LogP contribution in [0.2, 0.25) is 0 Å². The van der Waals surface area contributed by atoms with Gasteiger partial charge in [-0.2, -0.15) is 0 Å². The number of hydrogen-bond acceptors (Lipinski definition) is 3. The fourth-order valence-corrected chi connectivity index (χ4v) is 3.25. The molecule has 1 saturated carbocycles. The Morgan fingerprint density at radius 3 is 2.60 bits per heavy atom. The third-order valence-electron chi connectivity index (χ3n) is 4.57. The number of piperazine rings is 1. The number of aliphatic carboxylic acids is 1. The lowest BCUT2D eigenvalue weighted by Gasteiger charge is -2.39.